The monoisotopic (exact) mass is 491 g/mol. The first-order valence-corrected chi connectivity index (χ1v) is 13.0. The molecule has 1 saturated heterocycles. The molecule has 4 fully saturated rings. The molecule has 4 aliphatic rings. The normalized spacial score (nSPS) is 42.7. The van der Waals surface area contributed by atoms with Gasteiger partial charge in [-0.25, -0.2) is 23.6 Å². The number of hydrogen-bond acceptors (Lipinski definition) is 4. The summed E-state index contributed by atoms with van der Waals surface area (Å²) in [6.07, 6.45) is 3.98. The summed E-state index contributed by atoms with van der Waals surface area (Å²) < 4.78 is 41.4. The quantitative estimate of drug-likeness (QED) is 0.274. The maximum absolute atomic E-state index is 14.1. The van der Waals surface area contributed by atoms with Crippen molar-refractivity contribution in [1.29, 1.82) is 0 Å². The first kappa shape index (κ1) is 25.0. The first-order chi connectivity index (χ1) is 15.9. The fourth-order valence-electron chi connectivity index (χ4n) is 5.78. The Morgan fingerprint density at radius 3 is 2.36 bits per heavy atom. The van der Waals surface area contributed by atoms with Gasteiger partial charge in [0, 0.05) is 29.8 Å². The molecule has 1 heterocycles. The highest BCUT2D eigenvalue weighted by Gasteiger charge is 2.35. The zero-order valence-corrected chi connectivity index (χ0v) is 19.8. The lowest BCUT2D eigenvalue weighted by Crippen LogP contribution is -2.51. The van der Waals surface area contributed by atoms with Gasteiger partial charge in [-0.3, -0.25) is 15.5 Å². The van der Waals surface area contributed by atoms with E-state index in [2.05, 4.69) is 21.5 Å². The molecule has 7 atom stereocenters. The largest absolute Gasteiger partial charge is 0.353 e. The topological polar surface area (TPSA) is 77.5 Å². The van der Waals surface area contributed by atoms with E-state index in [0.29, 0.717) is 63.7 Å². The van der Waals surface area contributed by atoms with Crippen LogP contribution in [0.4, 0.5) is 13.2 Å². The Kier molecular flexibility index (Phi) is 8.79. The van der Waals surface area contributed by atoms with Crippen molar-refractivity contribution in [3.05, 3.63) is 0 Å². The van der Waals surface area contributed by atoms with Gasteiger partial charge in [0.1, 0.15) is 24.7 Å². The van der Waals surface area contributed by atoms with Crippen LogP contribution in [0.25, 0.3) is 0 Å². The van der Waals surface area contributed by atoms with E-state index in [1.807, 2.05) is 0 Å². The van der Waals surface area contributed by atoms with Crippen molar-refractivity contribution in [2.75, 3.05) is 0 Å². The van der Waals surface area contributed by atoms with E-state index < -0.39 is 18.5 Å². The van der Waals surface area contributed by atoms with Gasteiger partial charge in [0.15, 0.2) is 5.96 Å². The lowest BCUT2D eigenvalue weighted by atomic mass is 9.82. The third-order valence-electron chi connectivity index (χ3n) is 7.62. The molecular formula is C23H37ClF3N5O. The van der Waals surface area contributed by atoms with E-state index in [9.17, 15) is 18.0 Å². The van der Waals surface area contributed by atoms with Crippen molar-refractivity contribution < 1.29 is 18.0 Å². The predicted octanol–water partition coefficient (Wildman–Crippen LogP) is 3.80. The number of carbonyl (C=O) groups excluding carboxylic acids is 1. The number of hydrogen-bond donors (Lipinski definition) is 4. The predicted molar refractivity (Wildman–Crippen MR) is 123 cm³/mol. The number of nitrogens with one attached hydrogen (secondary N) is 4. The SMILES string of the molecule is O=C(N/C(=N/C1CC(C2CCC(F)CC2)NN1)NC1CC(F)CC(Cl)C1)C1CCCC(F)C1. The minimum Gasteiger partial charge on any atom is -0.353 e. The number of guanidine groups is 1. The molecule has 7 unspecified atom stereocenters. The van der Waals surface area contributed by atoms with Crippen molar-refractivity contribution in [1.82, 2.24) is 21.5 Å². The van der Waals surface area contributed by atoms with Crippen molar-refractivity contribution in [2.24, 2.45) is 16.8 Å². The van der Waals surface area contributed by atoms with E-state index in [1.54, 1.807) is 0 Å². The molecule has 0 aromatic carbocycles. The van der Waals surface area contributed by atoms with Gasteiger partial charge in [0.25, 0.3) is 0 Å². The molecule has 1 aliphatic heterocycles. The molecule has 0 spiro atoms. The van der Waals surface area contributed by atoms with Gasteiger partial charge in [-0.2, -0.15) is 0 Å². The van der Waals surface area contributed by atoms with E-state index in [-0.39, 0.29) is 47.8 Å². The van der Waals surface area contributed by atoms with Crippen molar-refractivity contribution >= 4 is 23.5 Å². The van der Waals surface area contributed by atoms with Gasteiger partial charge in [0.05, 0.1) is 0 Å². The molecule has 4 rings (SSSR count). The van der Waals surface area contributed by atoms with Crippen molar-refractivity contribution in [3.63, 3.8) is 0 Å². The Hall–Kier alpha value is -1.06. The molecule has 0 radical (unpaired) electrons. The van der Waals surface area contributed by atoms with Crippen LogP contribution in [0.2, 0.25) is 0 Å². The van der Waals surface area contributed by atoms with Crippen molar-refractivity contribution in [3.8, 4) is 0 Å². The average Bonchev–Trinajstić information content (AvgIpc) is 3.22. The zero-order valence-electron chi connectivity index (χ0n) is 19.0. The summed E-state index contributed by atoms with van der Waals surface area (Å²) in [6.45, 7) is 0. The van der Waals surface area contributed by atoms with Crippen LogP contribution < -0.4 is 21.5 Å². The number of carbonyl (C=O) groups is 1. The fraction of sp³-hybridized carbons (Fsp3) is 0.913. The Bertz CT molecular complexity index is 683. The molecule has 188 valence electrons. The summed E-state index contributed by atoms with van der Waals surface area (Å²) in [7, 11) is 0. The van der Waals surface area contributed by atoms with Gasteiger partial charge in [0.2, 0.25) is 5.91 Å². The fourth-order valence-corrected chi connectivity index (χ4v) is 6.19. The molecule has 0 bridgehead atoms. The van der Waals surface area contributed by atoms with E-state index in [1.165, 1.54) is 0 Å². The van der Waals surface area contributed by atoms with Crippen LogP contribution >= 0.6 is 11.6 Å². The minimum atomic E-state index is -0.998. The van der Waals surface area contributed by atoms with Gasteiger partial charge in [-0.1, -0.05) is 0 Å². The number of nitrogens with zero attached hydrogens (tertiary/aromatic N) is 1. The van der Waals surface area contributed by atoms with Crippen LogP contribution in [0.3, 0.4) is 0 Å². The maximum Gasteiger partial charge on any atom is 0.229 e. The van der Waals surface area contributed by atoms with Crippen LogP contribution in [-0.2, 0) is 4.79 Å². The number of aliphatic imine (C=N–C) groups is 1. The molecule has 0 aromatic heterocycles. The highest BCUT2D eigenvalue weighted by Crippen LogP contribution is 2.32. The number of rotatable bonds is 4. The highest BCUT2D eigenvalue weighted by molar-refractivity contribution is 6.20. The standard InChI is InChI=1S/C23H37ClF3N5O/c24-15-9-18(27)11-19(10-15)28-23(30-22(33)14-2-1-3-17(26)8-14)29-21-12-20(31-32-21)13-4-6-16(25)7-5-13/h13-21,31-32H,1-12H2,(H2,28,29,30,33). The minimum absolute atomic E-state index is 0.186. The molecule has 0 aromatic rings. The Labute approximate surface area is 199 Å². The van der Waals surface area contributed by atoms with Crippen LogP contribution in [0, 0.1) is 11.8 Å². The lowest BCUT2D eigenvalue weighted by molar-refractivity contribution is -0.125. The Morgan fingerprint density at radius 1 is 0.848 bits per heavy atom. The van der Waals surface area contributed by atoms with E-state index in [4.69, 9.17) is 16.6 Å². The van der Waals surface area contributed by atoms with Gasteiger partial charge >= 0.3 is 0 Å². The Morgan fingerprint density at radius 2 is 1.64 bits per heavy atom. The molecule has 3 aliphatic carbocycles. The number of halogens is 4. The maximum atomic E-state index is 14.1. The van der Waals surface area contributed by atoms with Crippen molar-refractivity contribution in [2.45, 2.75) is 119 Å². The summed E-state index contributed by atoms with van der Waals surface area (Å²) in [4.78, 5) is 17.6. The van der Waals surface area contributed by atoms with Gasteiger partial charge in [-0.05, 0) is 76.5 Å². The summed E-state index contributed by atoms with van der Waals surface area (Å²) >= 11 is 6.22. The third kappa shape index (κ3) is 7.21. The Balaban J connectivity index is 1.40. The van der Waals surface area contributed by atoms with Crippen LogP contribution in [0.5, 0.6) is 0 Å². The summed E-state index contributed by atoms with van der Waals surface area (Å²) in [5, 5.41) is 5.80. The smallest absolute Gasteiger partial charge is 0.229 e. The number of amides is 1. The molecular weight excluding hydrogens is 455 g/mol. The second kappa shape index (κ2) is 11.6. The highest BCUT2D eigenvalue weighted by atomic mass is 35.5. The number of alkyl halides is 4. The van der Waals surface area contributed by atoms with Gasteiger partial charge < -0.3 is 5.32 Å². The van der Waals surface area contributed by atoms with E-state index in [0.717, 1.165) is 12.8 Å². The summed E-state index contributed by atoms with van der Waals surface area (Å²) in [6, 6.07) is -0.0495. The first-order valence-electron chi connectivity index (χ1n) is 12.6. The molecule has 1 amide bonds. The van der Waals surface area contributed by atoms with Crippen LogP contribution in [0.15, 0.2) is 4.99 Å². The second-order valence-electron chi connectivity index (χ2n) is 10.3. The molecule has 10 heteroatoms. The van der Waals surface area contributed by atoms with Crippen LogP contribution in [-0.4, -0.2) is 54.0 Å². The number of hydrazine groups is 1. The van der Waals surface area contributed by atoms with Crippen LogP contribution in [0.1, 0.15) is 77.0 Å². The zero-order chi connectivity index (χ0) is 23.4. The molecule has 3 saturated carbocycles. The van der Waals surface area contributed by atoms with E-state index >= 15 is 0 Å². The summed E-state index contributed by atoms with van der Waals surface area (Å²) in [5.74, 6) is 0.0425. The van der Waals surface area contributed by atoms with Gasteiger partial charge in [-0.15, -0.1) is 11.6 Å². The molecule has 4 N–H and O–H groups in total. The molecule has 6 nitrogen and oxygen atoms in total. The third-order valence-corrected chi connectivity index (χ3v) is 7.98. The average molecular weight is 492 g/mol. The summed E-state index contributed by atoms with van der Waals surface area (Å²) in [5.41, 5.74) is 6.46. The second-order valence-corrected chi connectivity index (χ2v) is 10.9. The lowest BCUT2D eigenvalue weighted by Gasteiger charge is -2.31. The molecule has 33 heavy (non-hydrogen) atoms.